The van der Waals surface area contributed by atoms with E-state index in [-0.39, 0.29) is 12.1 Å². The van der Waals surface area contributed by atoms with Gasteiger partial charge in [0.15, 0.2) is 0 Å². The summed E-state index contributed by atoms with van der Waals surface area (Å²) >= 11 is 0. The maximum Gasteiger partial charge on any atom is 0.0927 e. The zero-order valence-corrected chi connectivity index (χ0v) is 8.62. The average molecular weight is 188 g/mol. The lowest BCUT2D eigenvalue weighted by Crippen LogP contribution is -2.41. The smallest absolute Gasteiger partial charge is 0.0927 e. The molecule has 0 aromatic carbocycles. The summed E-state index contributed by atoms with van der Waals surface area (Å²) in [6, 6.07) is 0.165. The summed E-state index contributed by atoms with van der Waals surface area (Å²) in [6.45, 7) is 1.15. The fraction of sp³-hybridized carbons (Fsp3) is 0.778. The molecule has 0 spiro atoms. The Morgan fingerprint density at radius 2 is 2.15 bits per heavy atom. The van der Waals surface area contributed by atoms with Crippen LogP contribution in [0.25, 0.3) is 0 Å². The third kappa shape index (κ3) is 5.00. The van der Waals surface area contributed by atoms with Crippen LogP contribution in [0.4, 0.5) is 0 Å². The van der Waals surface area contributed by atoms with Crippen molar-refractivity contribution in [2.75, 3.05) is 34.4 Å². The minimum atomic E-state index is 0.00787. The Bertz CT molecular complexity index is 140. The van der Waals surface area contributed by atoms with Crippen molar-refractivity contribution in [2.24, 2.45) is 5.73 Å². The van der Waals surface area contributed by atoms with Crippen LogP contribution in [-0.2, 0) is 9.47 Å². The monoisotopic (exact) mass is 188 g/mol. The second-order valence-corrected chi connectivity index (χ2v) is 2.71. The predicted octanol–water partition coefficient (Wildman–Crippen LogP) is -0.249. The third-order valence-corrected chi connectivity index (χ3v) is 1.85. The Morgan fingerprint density at radius 3 is 2.54 bits per heavy atom. The maximum atomic E-state index is 5.35. The van der Waals surface area contributed by atoms with Crippen molar-refractivity contribution in [3.05, 3.63) is 12.2 Å². The van der Waals surface area contributed by atoms with Gasteiger partial charge in [-0.2, -0.15) is 0 Å². The lowest BCUT2D eigenvalue weighted by molar-refractivity contribution is 0.0652. The molecule has 0 amide bonds. The molecule has 3 N–H and O–H groups in total. The van der Waals surface area contributed by atoms with Gasteiger partial charge in [0.05, 0.1) is 18.8 Å². The van der Waals surface area contributed by atoms with E-state index in [0.717, 1.165) is 0 Å². The molecule has 0 heterocycles. The molecule has 0 aliphatic rings. The first-order valence-corrected chi connectivity index (χ1v) is 4.35. The number of likely N-dealkylation sites (N-methyl/N-ethyl adjacent to an activating group) is 1. The Balaban J connectivity index is 4.07. The van der Waals surface area contributed by atoms with Crippen LogP contribution in [0.15, 0.2) is 12.2 Å². The van der Waals surface area contributed by atoms with E-state index in [0.29, 0.717) is 13.2 Å². The lowest BCUT2D eigenvalue weighted by Gasteiger charge is -2.22. The molecule has 0 rings (SSSR count). The van der Waals surface area contributed by atoms with Crippen molar-refractivity contribution in [2.45, 2.75) is 12.1 Å². The van der Waals surface area contributed by atoms with Crippen LogP contribution in [0.1, 0.15) is 0 Å². The zero-order valence-electron chi connectivity index (χ0n) is 8.62. The number of rotatable bonds is 7. The quantitative estimate of drug-likeness (QED) is 0.541. The summed E-state index contributed by atoms with van der Waals surface area (Å²) < 4.78 is 10.3. The number of nitrogens with one attached hydrogen (secondary N) is 1. The van der Waals surface area contributed by atoms with E-state index in [1.165, 1.54) is 0 Å². The summed E-state index contributed by atoms with van der Waals surface area (Å²) in [7, 11) is 5.22. The molecule has 0 aliphatic carbocycles. The molecule has 0 saturated heterocycles. The maximum absolute atomic E-state index is 5.35. The SMILES string of the molecule is CNC(COC)[C@@H](/C=C/CN)OC. The summed E-state index contributed by atoms with van der Waals surface area (Å²) in [6.07, 6.45) is 3.84. The minimum Gasteiger partial charge on any atom is -0.383 e. The molecular formula is C9H20N2O2. The molecule has 0 radical (unpaired) electrons. The van der Waals surface area contributed by atoms with Crippen molar-refractivity contribution >= 4 is 0 Å². The highest BCUT2D eigenvalue weighted by atomic mass is 16.5. The van der Waals surface area contributed by atoms with E-state index >= 15 is 0 Å². The Kier molecular flexibility index (Phi) is 7.93. The standard InChI is InChI=1S/C9H20N2O2/c1-11-8(7-12-2)9(13-3)5-4-6-10/h4-5,8-9,11H,6-7,10H2,1-3H3/b5-4+/t8?,9-/m1/s1. The van der Waals surface area contributed by atoms with Gasteiger partial charge < -0.3 is 20.5 Å². The summed E-state index contributed by atoms with van der Waals surface area (Å²) in [4.78, 5) is 0. The first-order chi connectivity index (χ1) is 6.29. The minimum absolute atomic E-state index is 0.00787. The van der Waals surface area contributed by atoms with Crippen LogP contribution in [0.5, 0.6) is 0 Å². The van der Waals surface area contributed by atoms with E-state index < -0.39 is 0 Å². The molecule has 0 aromatic rings. The zero-order chi connectivity index (χ0) is 10.1. The van der Waals surface area contributed by atoms with Crippen LogP contribution in [-0.4, -0.2) is 46.6 Å². The Morgan fingerprint density at radius 1 is 1.46 bits per heavy atom. The lowest BCUT2D eigenvalue weighted by atomic mass is 10.1. The number of ether oxygens (including phenoxy) is 2. The number of nitrogens with two attached hydrogens (primary N) is 1. The normalized spacial score (nSPS) is 16.3. The van der Waals surface area contributed by atoms with E-state index in [1.807, 2.05) is 19.2 Å². The predicted molar refractivity (Wildman–Crippen MR) is 53.7 cm³/mol. The van der Waals surface area contributed by atoms with Crippen LogP contribution >= 0.6 is 0 Å². The third-order valence-electron chi connectivity index (χ3n) is 1.85. The summed E-state index contributed by atoms with van der Waals surface area (Å²) in [5.41, 5.74) is 5.35. The molecule has 0 bridgehead atoms. The van der Waals surface area contributed by atoms with Crippen molar-refractivity contribution < 1.29 is 9.47 Å². The van der Waals surface area contributed by atoms with Gasteiger partial charge in [0.25, 0.3) is 0 Å². The molecule has 4 nitrogen and oxygen atoms in total. The highest BCUT2D eigenvalue weighted by molar-refractivity contribution is 4.96. The molecule has 13 heavy (non-hydrogen) atoms. The second kappa shape index (κ2) is 8.19. The first kappa shape index (κ1) is 12.6. The van der Waals surface area contributed by atoms with Gasteiger partial charge in [-0.15, -0.1) is 0 Å². The van der Waals surface area contributed by atoms with Crippen molar-refractivity contribution in [3.63, 3.8) is 0 Å². The molecule has 78 valence electrons. The van der Waals surface area contributed by atoms with Gasteiger partial charge in [-0.25, -0.2) is 0 Å². The van der Waals surface area contributed by atoms with Gasteiger partial charge >= 0.3 is 0 Å². The van der Waals surface area contributed by atoms with Crippen molar-refractivity contribution in [1.29, 1.82) is 0 Å². The molecule has 0 aliphatic heterocycles. The van der Waals surface area contributed by atoms with E-state index in [4.69, 9.17) is 15.2 Å². The molecular weight excluding hydrogens is 168 g/mol. The average Bonchev–Trinajstić information content (AvgIpc) is 2.17. The molecule has 0 aromatic heterocycles. The second-order valence-electron chi connectivity index (χ2n) is 2.71. The Hall–Kier alpha value is -0.420. The number of hydrogen-bond donors (Lipinski definition) is 2. The topological polar surface area (TPSA) is 56.5 Å². The highest BCUT2D eigenvalue weighted by Crippen LogP contribution is 2.00. The summed E-state index contributed by atoms with van der Waals surface area (Å²) in [5, 5.41) is 3.12. The molecule has 0 fully saturated rings. The van der Waals surface area contributed by atoms with Crippen LogP contribution in [0.3, 0.4) is 0 Å². The van der Waals surface area contributed by atoms with Gasteiger partial charge in [0, 0.05) is 20.8 Å². The van der Waals surface area contributed by atoms with Crippen LogP contribution in [0.2, 0.25) is 0 Å². The van der Waals surface area contributed by atoms with Gasteiger partial charge in [-0.05, 0) is 7.05 Å². The van der Waals surface area contributed by atoms with Gasteiger partial charge in [0.2, 0.25) is 0 Å². The van der Waals surface area contributed by atoms with Crippen LogP contribution in [0, 0.1) is 0 Å². The fourth-order valence-corrected chi connectivity index (χ4v) is 1.11. The molecule has 4 heteroatoms. The van der Waals surface area contributed by atoms with Gasteiger partial charge in [-0.1, -0.05) is 12.2 Å². The largest absolute Gasteiger partial charge is 0.383 e. The first-order valence-electron chi connectivity index (χ1n) is 4.35. The number of methoxy groups -OCH3 is 2. The van der Waals surface area contributed by atoms with Gasteiger partial charge in [-0.3, -0.25) is 0 Å². The molecule has 2 atom stereocenters. The Labute approximate surface area is 80.1 Å². The van der Waals surface area contributed by atoms with Gasteiger partial charge in [0.1, 0.15) is 0 Å². The highest BCUT2D eigenvalue weighted by Gasteiger charge is 2.15. The van der Waals surface area contributed by atoms with Crippen LogP contribution < -0.4 is 11.1 Å². The molecule has 0 saturated carbocycles. The van der Waals surface area contributed by atoms with E-state index in [1.54, 1.807) is 14.2 Å². The number of hydrogen-bond acceptors (Lipinski definition) is 4. The van der Waals surface area contributed by atoms with Crippen molar-refractivity contribution in [3.8, 4) is 0 Å². The van der Waals surface area contributed by atoms with E-state index in [2.05, 4.69) is 5.32 Å². The summed E-state index contributed by atoms with van der Waals surface area (Å²) in [5.74, 6) is 0. The van der Waals surface area contributed by atoms with Crippen molar-refractivity contribution in [1.82, 2.24) is 5.32 Å². The van der Waals surface area contributed by atoms with E-state index in [9.17, 15) is 0 Å². The fourth-order valence-electron chi connectivity index (χ4n) is 1.11. The molecule has 1 unspecified atom stereocenters.